The molecule has 5 heteroatoms. The van der Waals surface area contributed by atoms with Gasteiger partial charge in [-0.3, -0.25) is 4.79 Å². The van der Waals surface area contributed by atoms with Crippen LogP contribution in [-0.2, 0) is 11.3 Å². The van der Waals surface area contributed by atoms with Crippen molar-refractivity contribution in [1.29, 1.82) is 0 Å². The summed E-state index contributed by atoms with van der Waals surface area (Å²) in [7, 11) is 0. The summed E-state index contributed by atoms with van der Waals surface area (Å²) in [5.74, 6) is -0.396. The Morgan fingerprint density at radius 2 is 1.77 bits per heavy atom. The Morgan fingerprint density at radius 3 is 2.50 bits per heavy atom. The Hall–Kier alpha value is -3.60. The molecule has 0 unspecified atom stereocenters. The SMILES string of the molecule is CC1=CC(C)(C)Nc2ccc(-c3ccc[nH]c3=O)c(COC(=O)c3ccccc3)c21. The fourth-order valence-corrected chi connectivity index (χ4v) is 4.03. The number of carbonyl (C=O) groups is 1. The number of benzene rings is 2. The van der Waals surface area contributed by atoms with Gasteiger partial charge in [0.05, 0.1) is 11.1 Å². The molecule has 0 atom stereocenters. The molecule has 152 valence electrons. The van der Waals surface area contributed by atoms with Crippen molar-refractivity contribution in [3.8, 4) is 11.1 Å². The lowest BCUT2D eigenvalue weighted by Gasteiger charge is -2.33. The van der Waals surface area contributed by atoms with E-state index >= 15 is 0 Å². The van der Waals surface area contributed by atoms with E-state index in [1.807, 2.05) is 25.1 Å². The van der Waals surface area contributed by atoms with Crippen LogP contribution in [0.25, 0.3) is 16.7 Å². The Bertz CT molecular complexity index is 1190. The Balaban J connectivity index is 1.81. The summed E-state index contributed by atoms with van der Waals surface area (Å²) in [6.07, 6.45) is 3.76. The molecular formula is C25H24N2O3. The van der Waals surface area contributed by atoms with Gasteiger partial charge in [-0.2, -0.15) is 0 Å². The number of anilines is 1. The van der Waals surface area contributed by atoms with Crippen molar-refractivity contribution in [2.75, 3.05) is 5.32 Å². The van der Waals surface area contributed by atoms with Crippen LogP contribution >= 0.6 is 0 Å². The molecule has 1 aromatic heterocycles. The molecule has 0 radical (unpaired) electrons. The van der Waals surface area contributed by atoms with Gasteiger partial charge in [0.15, 0.2) is 0 Å². The number of carbonyl (C=O) groups excluding carboxylic acids is 1. The van der Waals surface area contributed by atoms with Gasteiger partial charge in [-0.05, 0) is 62.2 Å². The van der Waals surface area contributed by atoms with E-state index in [0.717, 1.165) is 28.0 Å². The van der Waals surface area contributed by atoms with Gasteiger partial charge in [-0.1, -0.05) is 30.3 Å². The number of hydrogen-bond donors (Lipinski definition) is 2. The maximum absolute atomic E-state index is 12.6. The Morgan fingerprint density at radius 1 is 1.00 bits per heavy atom. The van der Waals surface area contributed by atoms with Crippen molar-refractivity contribution in [3.63, 3.8) is 0 Å². The minimum Gasteiger partial charge on any atom is -0.457 e. The summed E-state index contributed by atoms with van der Waals surface area (Å²) in [5, 5.41) is 3.52. The number of nitrogens with one attached hydrogen (secondary N) is 2. The monoisotopic (exact) mass is 400 g/mol. The number of allylic oxidation sites excluding steroid dienone is 1. The van der Waals surface area contributed by atoms with Gasteiger partial charge in [0.25, 0.3) is 5.56 Å². The van der Waals surface area contributed by atoms with Gasteiger partial charge < -0.3 is 15.0 Å². The first kappa shape index (κ1) is 19.7. The third-order valence-electron chi connectivity index (χ3n) is 5.21. The molecule has 2 aromatic carbocycles. The molecule has 0 bridgehead atoms. The first-order valence-corrected chi connectivity index (χ1v) is 9.90. The van der Waals surface area contributed by atoms with Gasteiger partial charge in [0.2, 0.25) is 0 Å². The number of pyridine rings is 1. The van der Waals surface area contributed by atoms with Crippen molar-refractivity contribution in [1.82, 2.24) is 4.98 Å². The van der Waals surface area contributed by atoms with Gasteiger partial charge >= 0.3 is 5.97 Å². The van der Waals surface area contributed by atoms with Crippen LogP contribution in [0.15, 0.2) is 71.7 Å². The zero-order valence-electron chi connectivity index (χ0n) is 17.3. The van der Waals surface area contributed by atoms with Crippen LogP contribution in [-0.4, -0.2) is 16.5 Å². The highest BCUT2D eigenvalue weighted by atomic mass is 16.5. The number of H-pyrrole nitrogens is 1. The van der Waals surface area contributed by atoms with E-state index in [2.05, 4.69) is 30.2 Å². The van der Waals surface area contributed by atoms with Crippen LogP contribution in [0, 0.1) is 0 Å². The molecule has 2 N–H and O–H groups in total. The highest BCUT2D eigenvalue weighted by molar-refractivity contribution is 5.90. The summed E-state index contributed by atoms with van der Waals surface area (Å²) in [4.78, 5) is 27.8. The van der Waals surface area contributed by atoms with Crippen LogP contribution in [0.3, 0.4) is 0 Å². The van der Waals surface area contributed by atoms with E-state index < -0.39 is 5.97 Å². The van der Waals surface area contributed by atoms with Crippen LogP contribution in [0.5, 0.6) is 0 Å². The molecule has 4 rings (SSSR count). The fraction of sp³-hybridized carbons (Fsp3) is 0.200. The highest BCUT2D eigenvalue weighted by Gasteiger charge is 2.27. The van der Waals surface area contributed by atoms with Crippen LogP contribution in [0.2, 0.25) is 0 Å². The summed E-state index contributed by atoms with van der Waals surface area (Å²) >= 11 is 0. The molecular weight excluding hydrogens is 376 g/mol. The van der Waals surface area contributed by atoms with Gasteiger partial charge in [0.1, 0.15) is 6.61 Å². The number of esters is 1. The average Bonchev–Trinajstić information content (AvgIpc) is 2.72. The number of aromatic nitrogens is 1. The molecule has 30 heavy (non-hydrogen) atoms. The maximum Gasteiger partial charge on any atom is 0.338 e. The van der Waals surface area contributed by atoms with Gasteiger partial charge in [0, 0.05) is 28.6 Å². The standard InChI is InChI=1S/C25H24N2O3/c1-16-14-25(2,3)27-21-12-11-18(19-10-7-13-26-23(19)28)20(22(16)21)15-30-24(29)17-8-5-4-6-9-17/h4-14,27H,15H2,1-3H3,(H,26,28). The van der Waals surface area contributed by atoms with E-state index in [1.165, 1.54) is 0 Å². The smallest absolute Gasteiger partial charge is 0.338 e. The molecule has 0 fully saturated rings. The van der Waals surface area contributed by atoms with E-state index in [4.69, 9.17) is 4.74 Å². The fourth-order valence-electron chi connectivity index (χ4n) is 4.03. The first-order valence-electron chi connectivity index (χ1n) is 9.90. The minimum atomic E-state index is -0.396. The van der Waals surface area contributed by atoms with Gasteiger partial charge in [-0.25, -0.2) is 4.79 Å². The zero-order valence-corrected chi connectivity index (χ0v) is 17.3. The molecule has 0 saturated heterocycles. The van der Waals surface area contributed by atoms with Crippen molar-refractivity contribution in [2.24, 2.45) is 0 Å². The Labute approximate surface area is 175 Å². The zero-order chi connectivity index (χ0) is 21.3. The molecule has 2 heterocycles. The van der Waals surface area contributed by atoms with Crippen LogP contribution in [0.4, 0.5) is 5.69 Å². The lowest BCUT2D eigenvalue weighted by atomic mass is 9.85. The minimum absolute atomic E-state index is 0.0634. The third kappa shape index (κ3) is 3.79. The molecule has 1 aliphatic rings. The second-order valence-electron chi connectivity index (χ2n) is 8.04. The predicted octanol–water partition coefficient (Wildman–Crippen LogP) is 5.01. The van der Waals surface area contributed by atoms with Crippen molar-refractivity contribution < 1.29 is 9.53 Å². The quantitative estimate of drug-likeness (QED) is 0.604. The molecule has 0 amide bonds. The summed E-state index contributed by atoms with van der Waals surface area (Å²) < 4.78 is 5.68. The highest BCUT2D eigenvalue weighted by Crippen LogP contribution is 2.40. The summed E-state index contributed by atoms with van der Waals surface area (Å²) in [5.41, 5.74) is 5.23. The molecule has 3 aromatic rings. The molecule has 1 aliphatic heterocycles. The average molecular weight is 400 g/mol. The topological polar surface area (TPSA) is 71.2 Å². The van der Waals surface area contributed by atoms with Crippen LogP contribution < -0.4 is 10.9 Å². The lowest BCUT2D eigenvalue weighted by Crippen LogP contribution is -2.32. The van der Waals surface area contributed by atoms with Crippen LogP contribution in [0.1, 0.15) is 42.3 Å². The normalized spacial score (nSPS) is 14.3. The van der Waals surface area contributed by atoms with Crippen molar-refractivity contribution in [3.05, 3.63) is 93.9 Å². The number of fused-ring (bicyclic) bond motifs is 1. The second-order valence-corrected chi connectivity index (χ2v) is 8.04. The molecule has 5 nitrogen and oxygen atoms in total. The molecule has 0 aliphatic carbocycles. The summed E-state index contributed by atoms with van der Waals surface area (Å²) in [6.45, 7) is 6.31. The maximum atomic E-state index is 12.6. The number of hydrogen-bond acceptors (Lipinski definition) is 4. The molecule has 0 spiro atoms. The van der Waals surface area contributed by atoms with E-state index in [9.17, 15) is 9.59 Å². The number of ether oxygens (including phenoxy) is 1. The van der Waals surface area contributed by atoms with E-state index in [0.29, 0.717) is 11.1 Å². The van der Waals surface area contributed by atoms with E-state index in [-0.39, 0.29) is 17.7 Å². The second kappa shape index (κ2) is 7.67. The molecule has 0 saturated carbocycles. The lowest BCUT2D eigenvalue weighted by molar-refractivity contribution is 0.0473. The predicted molar refractivity (Wildman–Crippen MR) is 119 cm³/mol. The van der Waals surface area contributed by atoms with E-state index in [1.54, 1.807) is 42.6 Å². The first-order chi connectivity index (χ1) is 14.4. The third-order valence-corrected chi connectivity index (χ3v) is 5.21. The Kier molecular flexibility index (Phi) is 5.04. The number of aromatic amines is 1. The number of rotatable bonds is 4. The summed E-state index contributed by atoms with van der Waals surface area (Å²) in [6, 6.07) is 16.4. The van der Waals surface area contributed by atoms with Gasteiger partial charge in [-0.15, -0.1) is 0 Å². The van der Waals surface area contributed by atoms with Crippen molar-refractivity contribution in [2.45, 2.75) is 32.9 Å². The van der Waals surface area contributed by atoms with Crippen molar-refractivity contribution >= 4 is 17.2 Å². The largest absolute Gasteiger partial charge is 0.457 e.